The van der Waals surface area contributed by atoms with Crippen LogP contribution in [-0.4, -0.2) is 15.2 Å². The summed E-state index contributed by atoms with van der Waals surface area (Å²) in [5.74, 6) is 0. The van der Waals surface area contributed by atoms with Crippen molar-refractivity contribution in [2.75, 3.05) is 5.32 Å². The Kier molecular flexibility index (Phi) is 4.48. The third kappa shape index (κ3) is 3.29. The van der Waals surface area contributed by atoms with Gasteiger partial charge in [0.2, 0.25) is 0 Å². The molecule has 0 radical (unpaired) electrons. The van der Waals surface area contributed by atoms with E-state index in [2.05, 4.69) is 22.4 Å². The molecule has 0 unspecified atom stereocenters. The molecule has 23 heavy (non-hydrogen) atoms. The van der Waals surface area contributed by atoms with Crippen LogP contribution in [0.3, 0.4) is 0 Å². The Balaban J connectivity index is 2.04. The fourth-order valence-corrected chi connectivity index (χ4v) is 2.85. The topological polar surface area (TPSA) is 57.8 Å². The molecule has 0 aliphatic rings. The van der Waals surface area contributed by atoms with Gasteiger partial charge < -0.3 is 5.32 Å². The number of rotatable bonds is 4. The summed E-state index contributed by atoms with van der Waals surface area (Å²) in [5.41, 5.74) is 2.44. The van der Waals surface area contributed by atoms with E-state index in [1.165, 1.54) is 0 Å². The first-order valence-corrected chi connectivity index (χ1v) is 7.97. The normalized spacial score (nSPS) is 10.7. The fraction of sp³-hybridized carbons (Fsp3) is 0.167. The molecule has 116 valence electrons. The van der Waals surface area contributed by atoms with Crippen molar-refractivity contribution in [3.63, 3.8) is 0 Å². The first-order chi connectivity index (χ1) is 11.2. The first kappa shape index (κ1) is 15.4. The summed E-state index contributed by atoms with van der Waals surface area (Å²) in [5, 5.41) is 11.5. The van der Waals surface area contributed by atoms with Gasteiger partial charge in [-0.1, -0.05) is 49.5 Å². The number of anilines is 1. The highest BCUT2D eigenvalue weighted by molar-refractivity contribution is 7.80. The van der Waals surface area contributed by atoms with Gasteiger partial charge in [-0.3, -0.25) is 4.79 Å². The van der Waals surface area contributed by atoms with Gasteiger partial charge in [-0.05, 0) is 31.0 Å². The number of thiocarbonyl (C=S) groups is 1. The fourth-order valence-electron chi connectivity index (χ4n) is 2.53. The standard InChI is InChI=1S/C18H17N3OS/c1-2-6-16(23)19-13-8-5-7-12(11-13)17-14-9-3-4-10-15(14)18(22)21-20-17/h3-5,7-11H,2,6H2,1H3,(H,19,23)(H,21,22). The smallest absolute Gasteiger partial charge is 0.272 e. The molecule has 5 heteroatoms. The zero-order valence-electron chi connectivity index (χ0n) is 12.8. The van der Waals surface area contributed by atoms with E-state index >= 15 is 0 Å². The highest BCUT2D eigenvalue weighted by Crippen LogP contribution is 2.26. The second kappa shape index (κ2) is 6.71. The predicted octanol–water partition coefficient (Wildman–Crippen LogP) is 4.13. The Morgan fingerprint density at radius 2 is 1.96 bits per heavy atom. The molecule has 4 nitrogen and oxygen atoms in total. The molecule has 3 aromatic rings. The molecule has 0 saturated heterocycles. The van der Waals surface area contributed by atoms with Gasteiger partial charge in [-0.25, -0.2) is 5.10 Å². The van der Waals surface area contributed by atoms with Gasteiger partial charge in [0.05, 0.1) is 16.1 Å². The van der Waals surface area contributed by atoms with Gasteiger partial charge in [0.1, 0.15) is 0 Å². The van der Waals surface area contributed by atoms with Crippen LogP contribution < -0.4 is 10.9 Å². The van der Waals surface area contributed by atoms with Gasteiger partial charge >= 0.3 is 0 Å². The number of hydrogen-bond acceptors (Lipinski definition) is 3. The highest BCUT2D eigenvalue weighted by atomic mass is 32.1. The van der Waals surface area contributed by atoms with Crippen molar-refractivity contribution in [3.05, 3.63) is 58.9 Å². The Morgan fingerprint density at radius 3 is 2.74 bits per heavy atom. The maximum absolute atomic E-state index is 11.9. The molecule has 0 aliphatic heterocycles. The highest BCUT2D eigenvalue weighted by Gasteiger charge is 2.09. The maximum Gasteiger partial charge on any atom is 0.272 e. The lowest BCUT2D eigenvalue weighted by Gasteiger charge is -2.10. The zero-order valence-corrected chi connectivity index (χ0v) is 13.6. The minimum absolute atomic E-state index is 0.178. The van der Waals surface area contributed by atoms with Crippen LogP contribution in [-0.2, 0) is 0 Å². The number of aromatic nitrogens is 2. The van der Waals surface area contributed by atoms with E-state index in [1.54, 1.807) is 6.07 Å². The van der Waals surface area contributed by atoms with Crippen LogP contribution in [0.15, 0.2) is 53.3 Å². The van der Waals surface area contributed by atoms with Gasteiger partial charge in [0.25, 0.3) is 5.56 Å². The first-order valence-electron chi connectivity index (χ1n) is 7.56. The number of fused-ring (bicyclic) bond motifs is 1. The summed E-state index contributed by atoms with van der Waals surface area (Å²) < 4.78 is 0. The monoisotopic (exact) mass is 323 g/mol. The van der Waals surface area contributed by atoms with Gasteiger partial charge in [0.15, 0.2) is 0 Å². The lowest BCUT2D eigenvalue weighted by Crippen LogP contribution is -2.10. The molecule has 0 atom stereocenters. The molecule has 2 N–H and O–H groups in total. The van der Waals surface area contributed by atoms with E-state index in [0.29, 0.717) is 5.39 Å². The van der Waals surface area contributed by atoms with Gasteiger partial charge in [-0.15, -0.1) is 0 Å². The van der Waals surface area contributed by atoms with E-state index in [1.807, 2.05) is 42.5 Å². The maximum atomic E-state index is 11.9. The van der Waals surface area contributed by atoms with Crippen LogP contribution in [0.1, 0.15) is 19.8 Å². The van der Waals surface area contributed by atoms with Crippen LogP contribution in [0, 0.1) is 0 Å². The molecular formula is C18H17N3OS. The van der Waals surface area contributed by atoms with Crippen molar-refractivity contribution < 1.29 is 0 Å². The van der Waals surface area contributed by atoms with Crippen molar-refractivity contribution in [1.82, 2.24) is 10.2 Å². The van der Waals surface area contributed by atoms with Crippen LogP contribution in [0.5, 0.6) is 0 Å². The zero-order chi connectivity index (χ0) is 16.2. The quantitative estimate of drug-likeness (QED) is 0.709. The second-order valence-electron chi connectivity index (χ2n) is 5.33. The average Bonchev–Trinajstić information content (AvgIpc) is 2.56. The summed E-state index contributed by atoms with van der Waals surface area (Å²) >= 11 is 5.32. The van der Waals surface area contributed by atoms with Crippen LogP contribution in [0.4, 0.5) is 5.69 Å². The van der Waals surface area contributed by atoms with E-state index < -0.39 is 0 Å². The third-order valence-corrected chi connectivity index (χ3v) is 3.90. The Hall–Kier alpha value is -2.53. The Bertz CT molecular complexity index is 917. The average molecular weight is 323 g/mol. The number of aromatic amines is 1. The number of nitrogens with one attached hydrogen (secondary N) is 2. The summed E-state index contributed by atoms with van der Waals surface area (Å²) in [6.07, 6.45) is 1.87. The van der Waals surface area contributed by atoms with Crippen molar-refractivity contribution in [1.29, 1.82) is 0 Å². The molecule has 1 heterocycles. The largest absolute Gasteiger partial charge is 0.350 e. The summed E-state index contributed by atoms with van der Waals surface area (Å²) in [4.78, 5) is 12.7. The Morgan fingerprint density at radius 1 is 1.17 bits per heavy atom. The number of H-pyrrole nitrogens is 1. The minimum atomic E-state index is -0.178. The third-order valence-electron chi connectivity index (χ3n) is 3.59. The molecule has 1 aromatic heterocycles. The molecule has 0 aliphatic carbocycles. The predicted molar refractivity (Wildman–Crippen MR) is 98.9 cm³/mol. The molecule has 2 aromatic carbocycles. The van der Waals surface area contributed by atoms with Crippen LogP contribution >= 0.6 is 12.2 Å². The number of benzene rings is 2. The lowest BCUT2D eigenvalue weighted by atomic mass is 10.0. The van der Waals surface area contributed by atoms with E-state index in [-0.39, 0.29) is 5.56 Å². The molecular weight excluding hydrogens is 306 g/mol. The SMILES string of the molecule is CCCC(=S)Nc1cccc(-c2n[nH]c(=O)c3ccccc23)c1. The molecule has 0 amide bonds. The number of nitrogens with zero attached hydrogens (tertiary/aromatic N) is 1. The summed E-state index contributed by atoms with van der Waals surface area (Å²) in [6.45, 7) is 2.10. The van der Waals surface area contributed by atoms with Crippen molar-refractivity contribution in [2.24, 2.45) is 0 Å². The summed E-state index contributed by atoms with van der Waals surface area (Å²) in [7, 11) is 0. The number of hydrogen-bond donors (Lipinski definition) is 2. The molecule has 0 spiro atoms. The van der Waals surface area contributed by atoms with Crippen LogP contribution in [0.25, 0.3) is 22.0 Å². The second-order valence-corrected chi connectivity index (χ2v) is 5.82. The van der Waals surface area contributed by atoms with E-state index in [9.17, 15) is 4.79 Å². The van der Waals surface area contributed by atoms with Crippen molar-refractivity contribution in [2.45, 2.75) is 19.8 Å². The molecule has 0 fully saturated rings. The van der Waals surface area contributed by atoms with Crippen LogP contribution in [0.2, 0.25) is 0 Å². The van der Waals surface area contributed by atoms with Crippen molar-refractivity contribution >= 4 is 33.7 Å². The minimum Gasteiger partial charge on any atom is -0.350 e. The Labute approximate surface area is 139 Å². The lowest BCUT2D eigenvalue weighted by molar-refractivity contribution is 1.00. The van der Waals surface area contributed by atoms with Gasteiger partial charge in [0, 0.05) is 16.6 Å². The van der Waals surface area contributed by atoms with Gasteiger partial charge in [-0.2, -0.15) is 5.10 Å². The molecule has 0 saturated carbocycles. The summed E-state index contributed by atoms with van der Waals surface area (Å²) in [6, 6.07) is 15.4. The van der Waals surface area contributed by atoms with E-state index in [0.717, 1.165) is 40.2 Å². The van der Waals surface area contributed by atoms with E-state index in [4.69, 9.17) is 12.2 Å². The molecule has 0 bridgehead atoms. The van der Waals surface area contributed by atoms with Crippen molar-refractivity contribution in [3.8, 4) is 11.3 Å². The molecule has 3 rings (SSSR count).